The molecule has 2 saturated carbocycles. The summed E-state index contributed by atoms with van der Waals surface area (Å²) in [4.78, 5) is 51.3. The van der Waals surface area contributed by atoms with Crippen molar-refractivity contribution in [2.75, 3.05) is 7.11 Å². The highest BCUT2D eigenvalue weighted by molar-refractivity contribution is 5.96. The molecule has 10 heteroatoms. The minimum absolute atomic E-state index is 0.190. The number of esters is 3. The van der Waals surface area contributed by atoms with Crippen LogP contribution in [0, 0.1) is 28.1 Å². The standard InChI is InChI=1S/C31H38O10/c1-15-22(29(6)11-9-20(34)28(4,5)25(29)23(35)27(36)37-8)24(39-16(2)32)26(40-17(3)33)30(7)19(18-10-12-38-14-18)13-21-31(15,30)41-21/h9-12,14,19,21-26,35H,1,13H2,2-8H3. The fraction of sp³-hybridized carbons (Fsp3) is 0.613. The summed E-state index contributed by atoms with van der Waals surface area (Å²) in [5.41, 5.74) is -2.85. The number of ether oxygens (including phenoxy) is 4. The van der Waals surface area contributed by atoms with Crippen LogP contribution in [-0.2, 0) is 38.1 Å². The van der Waals surface area contributed by atoms with Gasteiger partial charge in [0.2, 0.25) is 0 Å². The summed E-state index contributed by atoms with van der Waals surface area (Å²) in [5.74, 6) is -4.41. The Balaban J connectivity index is 1.75. The summed E-state index contributed by atoms with van der Waals surface area (Å²) in [7, 11) is 1.16. The van der Waals surface area contributed by atoms with Crippen LogP contribution in [0.25, 0.3) is 0 Å². The molecule has 4 aliphatic rings. The lowest BCUT2D eigenvalue weighted by Crippen LogP contribution is -2.67. The van der Waals surface area contributed by atoms with Gasteiger partial charge in [-0.1, -0.05) is 40.3 Å². The molecule has 3 fully saturated rings. The summed E-state index contributed by atoms with van der Waals surface area (Å²) < 4.78 is 28.9. The lowest BCUT2D eigenvalue weighted by Gasteiger charge is -2.60. The average molecular weight is 571 g/mol. The van der Waals surface area contributed by atoms with E-state index in [0.29, 0.717) is 12.0 Å². The molecule has 10 unspecified atom stereocenters. The number of carbonyl (C=O) groups is 4. The molecule has 1 spiro atoms. The van der Waals surface area contributed by atoms with Crippen LogP contribution >= 0.6 is 0 Å². The van der Waals surface area contributed by atoms with Crippen molar-refractivity contribution in [3.05, 3.63) is 48.5 Å². The summed E-state index contributed by atoms with van der Waals surface area (Å²) in [5, 5.41) is 11.4. The average Bonchev–Trinajstić information content (AvgIpc) is 3.23. The Hall–Kier alpha value is -3.24. The fourth-order valence-corrected chi connectivity index (χ4v) is 8.75. The zero-order chi connectivity index (χ0) is 30.3. The molecule has 2 heterocycles. The van der Waals surface area contributed by atoms with Crippen LogP contribution in [0.5, 0.6) is 0 Å². The van der Waals surface area contributed by atoms with E-state index in [9.17, 15) is 24.3 Å². The van der Waals surface area contributed by atoms with Crippen molar-refractivity contribution >= 4 is 23.7 Å². The number of ketones is 1. The van der Waals surface area contributed by atoms with Gasteiger partial charge in [0.05, 0.1) is 31.2 Å². The third-order valence-corrected chi connectivity index (χ3v) is 10.4. The van der Waals surface area contributed by atoms with E-state index in [2.05, 4.69) is 6.58 Å². The fourth-order valence-electron chi connectivity index (χ4n) is 8.75. The molecular formula is C31H38O10. The second kappa shape index (κ2) is 9.39. The second-order valence-corrected chi connectivity index (χ2v) is 12.8. The molecule has 1 aromatic heterocycles. The molecule has 3 aliphatic carbocycles. The van der Waals surface area contributed by atoms with Crippen molar-refractivity contribution in [1.82, 2.24) is 0 Å². The summed E-state index contributed by atoms with van der Waals surface area (Å²) in [6.45, 7) is 14.2. The molecule has 222 valence electrons. The molecule has 1 N–H and O–H groups in total. The molecule has 41 heavy (non-hydrogen) atoms. The normalized spacial score (nSPS) is 41.2. The summed E-state index contributed by atoms with van der Waals surface area (Å²) >= 11 is 0. The van der Waals surface area contributed by atoms with Crippen molar-refractivity contribution in [2.24, 2.45) is 28.1 Å². The van der Waals surface area contributed by atoms with E-state index in [1.165, 1.54) is 19.9 Å². The first-order chi connectivity index (χ1) is 19.1. The predicted molar refractivity (Wildman–Crippen MR) is 143 cm³/mol. The number of aliphatic hydroxyl groups excluding tert-OH is 1. The van der Waals surface area contributed by atoms with Gasteiger partial charge in [-0.15, -0.1) is 0 Å². The molecule has 0 bridgehead atoms. The van der Waals surface area contributed by atoms with Gasteiger partial charge < -0.3 is 28.5 Å². The first kappa shape index (κ1) is 29.3. The summed E-state index contributed by atoms with van der Waals surface area (Å²) in [6, 6.07) is 1.86. The molecule has 1 aliphatic heterocycles. The van der Waals surface area contributed by atoms with Gasteiger partial charge in [-0.25, -0.2) is 4.79 Å². The monoisotopic (exact) mass is 570 g/mol. The van der Waals surface area contributed by atoms with Crippen LogP contribution in [0.3, 0.4) is 0 Å². The van der Waals surface area contributed by atoms with E-state index in [-0.39, 0.29) is 17.8 Å². The lowest BCUT2D eigenvalue weighted by atomic mass is 9.46. The van der Waals surface area contributed by atoms with Crippen LogP contribution in [0.4, 0.5) is 0 Å². The molecule has 0 radical (unpaired) electrons. The molecule has 0 amide bonds. The number of allylic oxidation sites excluding steroid dienone is 2. The summed E-state index contributed by atoms with van der Waals surface area (Å²) in [6.07, 6.45) is 2.81. The number of epoxide rings is 1. The van der Waals surface area contributed by atoms with Crippen LogP contribution in [0.2, 0.25) is 0 Å². The van der Waals surface area contributed by atoms with Gasteiger partial charge in [0.15, 0.2) is 11.9 Å². The Kier molecular flexibility index (Phi) is 6.70. The zero-order valence-corrected chi connectivity index (χ0v) is 24.5. The highest BCUT2D eigenvalue weighted by atomic mass is 16.6. The highest BCUT2D eigenvalue weighted by Gasteiger charge is 2.84. The lowest BCUT2D eigenvalue weighted by molar-refractivity contribution is -0.210. The van der Waals surface area contributed by atoms with E-state index in [1.807, 2.05) is 13.0 Å². The van der Waals surface area contributed by atoms with Gasteiger partial charge in [0.25, 0.3) is 0 Å². The van der Waals surface area contributed by atoms with Crippen molar-refractivity contribution in [1.29, 1.82) is 0 Å². The van der Waals surface area contributed by atoms with Crippen LogP contribution < -0.4 is 0 Å². The number of aliphatic hydroxyl groups is 1. The first-order valence-corrected chi connectivity index (χ1v) is 13.8. The SMILES string of the molecule is C=C1C(C2(C)C=CC(=O)C(C)(C)C2C(O)C(=O)OC)C(OC(C)=O)C(OC(C)=O)C2(C)C(c3ccoc3)CC3OC132. The van der Waals surface area contributed by atoms with Crippen molar-refractivity contribution in [3.63, 3.8) is 0 Å². The van der Waals surface area contributed by atoms with E-state index >= 15 is 0 Å². The number of hydrogen-bond acceptors (Lipinski definition) is 10. The van der Waals surface area contributed by atoms with E-state index < -0.39 is 69.9 Å². The molecule has 10 atom stereocenters. The van der Waals surface area contributed by atoms with Crippen molar-refractivity contribution < 1.29 is 47.6 Å². The maximum absolute atomic E-state index is 13.2. The van der Waals surface area contributed by atoms with Crippen LogP contribution in [-0.4, -0.2) is 65.9 Å². The topological polar surface area (TPSA) is 142 Å². The Labute approximate surface area is 239 Å². The molecule has 1 saturated heterocycles. The van der Waals surface area contributed by atoms with Gasteiger partial charge in [0.1, 0.15) is 17.8 Å². The van der Waals surface area contributed by atoms with E-state index in [1.54, 1.807) is 39.4 Å². The Morgan fingerprint density at radius 3 is 2.34 bits per heavy atom. The number of hydrogen-bond donors (Lipinski definition) is 1. The largest absolute Gasteiger partial charge is 0.472 e. The first-order valence-electron chi connectivity index (χ1n) is 13.8. The number of furan rings is 1. The van der Waals surface area contributed by atoms with Crippen LogP contribution in [0.15, 0.2) is 47.3 Å². The molecule has 0 aromatic carbocycles. The smallest absolute Gasteiger partial charge is 0.335 e. The number of rotatable bonds is 6. The van der Waals surface area contributed by atoms with Gasteiger partial charge >= 0.3 is 17.9 Å². The molecule has 5 rings (SSSR count). The number of carbonyl (C=O) groups excluding carboxylic acids is 4. The minimum Gasteiger partial charge on any atom is -0.472 e. The zero-order valence-electron chi connectivity index (χ0n) is 24.5. The van der Waals surface area contributed by atoms with Gasteiger partial charge in [-0.05, 0) is 29.7 Å². The third kappa shape index (κ3) is 3.82. The van der Waals surface area contributed by atoms with Crippen molar-refractivity contribution in [2.45, 2.75) is 83.9 Å². The molecular weight excluding hydrogens is 532 g/mol. The van der Waals surface area contributed by atoms with E-state index in [0.717, 1.165) is 12.7 Å². The molecule has 1 aromatic rings. The van der Waals surface area contributed by atoms with Gasteiger partial charge in [0, 0.05) is 42.4 Å². The Bertz CT molecular complexity index is 1330. The molecule has 10 nitrogen and oxygen atoms in total. The van der Waals surface area contributed by atoms with Gasteiger partial charge in [-0.2, -0.15) is 0 Å². The van der Waals surface area contributed by atoms with Crippen LogP contribution in [0.1, 0.15) is 59.4 Å². The Morgan fingerprint density at radius 2 is 1.78 bits per heavy atom. The quantitative estimate of drug-likeness (QED) is 0.234. The maximum Gasteiger partial charge on any atom is 0.335 e. The minimum atomic E-state index is -1.70. The second-order valence-electron chi connectivity index (χ2n) is 12.8. The van der Waals surface area contributed by atoms with Crippen molar-refractivity contribution in [3.8, 4) is 0 Å². The number of methoxy groups -OCH3 is 1. The van der Waals surface area contributed by atoms with Gasteiger partial charge in [-0.3, -0.25) is 14.4 Å². The Morgan fingerprint density at radius 1 is 1.12 bits per heavy atom. The highest BCUT2D eigenvalue weighted by Crippen LogP contribution is 2.76. The van der Waals surface area contributed by atoms with E-state index in [4.69, 9.17) is 23.4 Å². The predicted octanol–water partition coefficient (Wildman–Crippen LogP) is 3.28. The third-order valence-electron chi connectivity index (χ3n) is 10.4. The maximum atomic E-state index is 13.2.